The lowest BCUT2D eigenvalue weighted by atomic mass is 9.84. The van der Waals surface area contributed by atoms with Gasteiger partial charge in [-0.3, -0.25) is 0 Å². The minimum absolute atomic E-state index is 0.123. The topological polar surface area (TPSA) is 257 Å². The van der Waals surface area contributed by atoms with Crippen molar-refractivity contribution in [3.63, 3.8) is 0 Å². The van der Waals surface area contributed by atoms with Crippen LogP contribution in [0.4, 0.5) is 0 Å². The normalized spacial score (nSPS) is 53.6. The SMILES string of the molecule is N[C@H]1[C@@H](O[C@H]2[C@H](O)[C@@H](O[C@H]3O[C@@H](CO)[C@H](O)[C@@H]3O)[C@H](N)C[C@@H]2N)O[C@H](CO)[C@@H](O)[C@@H]1O. The van der Waals surface area contributed by atoms with E-state index >= 15 is 0 Å². The summed E-state index contributed by atoms with van der Waals surface area (Å²) in [4.78, 5) is 0. The van der Waals surface area contributed by atoms with Gasteiger partial charge in [-0.15, -0.1) is 0 Å². The first-order valence-corrected chi connectivity index (χ1v) is 10.1. The molecule has 14 atom stereocenters. The first kappa shape index (κ1) is 25.1. The second-order valence-corrected chi connectivity index (χ2v) is 8.25. The maximum atomic E-state index is 10.8. The number of nitrogens with two attached hydrogens (primary N) is 3. The molecule has 0 aromatic heterocycles. The summed E-state index contributed by atoms with van der Waals surface area (Å²) < 4.78 is 22.0. The maximum Gasteiger partial charge on any atom is 0.187 e. The van der Waals surface area contributed by atoms with Crippen LogP contribution in [0.5, 0.6) is 0 Å². The smallest absolute Gasteiger partial charge is 0.187 e. The Morgan fingerprint density at radius 1 is 0.645 bits per heavy atom. The van der Waals surface area contributed by atoms with Crippen molar-refractivity contribution < 1.29 is 54.7 Å². The average Bonchev–Trinajstić information content (AvgIpc) is 3.01. The van der Waals surface area contributed by atoms with Gasteiger partial charge in [0.2, 0.25) is 0 Å². The van der Waals surface area contributed by atoms with E-state index in [4.69, 9.17) is 36.1 Å². The number of aliphatic hydroxyl groups is 7. The minimum atomic E-state index is -1.48. The van der Waals surface area contributed by atoms with Crippen molar-refractivity contribution in [2.24, 2.45) is 17.2 Å². The van der Waals surface area contributed by atoms with E-state index in [-0.39, 0.29) is 6.42 Å². The molecule has 14 heteroatoms. The lowest BCUT2D eigenvalue weighted by Gasteiger charge is -2.46. The monoisotopic (exact) mass is 455 g/mol. The fraction of sp³-hybridized carbons (Fsp3) is 1.00. The highest BCUT2D eigenvalue weighted by molar-refractivity contribution is 5.01. The van der Waals surface area contributed by atoms with Gasteiger partial charge in [-0.1, -0.05) is 0 Å². The molecule has 2 heterocycles. The molecule has 0 aromatic carbocycles. The van der Waals surface area contributed by atoms with E-state index < -0.39 is 98.9 Å². The van der Waals surface area contributed by atoms with Crippen molar-refractivity contribution in [1.29, 1.82) is 0 Å². The zero-order chi connectivity index (χ0) is 23.0. The van der Waals surface area contributed by atoms with Crippen LogP contribution >= 0.6 is 0 Å². The number of hydrogen-bond donors (Lipinski definition) is 10. The van der Waals surface area contributed by atoms with Crippen LogP contribution in [-0.4, -0.2) is 135 Å². The molecule has 2 aliphatic heterocycles. The van der Waals surface area contributed by atoms with Crippen molar-refractivity contribution in [2.75, 3.05) is 13.2 Å². The lowest BCUT2D eigenvalue weighted by Crippen LogP contribution is -2.67. The van der Waals surface area contributed by atoms with Crippen molar-refractivity contribution >= 4 is 0 Å². The predicted molar refractivity (Wildman–Crippen MR) is 99.8 cm³/mol. The molecule has 3 fully saturated rings. The summed E-state index contributed by atoms with van der Waals surface area (Å²) in [5, 5.41) is 69.3. The van der Waals surface area contributed by atoms with Gasteiger partial charge in [0.05, 0.1) is 19.3 Å². The maximum absolute atomic E-state index is 10.8. The van der Waals surface area contributed by atoms with Gasteiger partial charge in [0.25, 0.3) is 0 Å². The predicted octanol–water partition coefficient (Wildman–Crippen LogP) is -6.62. The van der Waals surface area contributed by atoms with Crippen molar-refractivity contribution in [3.05, 3.63) is 0 Å². The van der Waals surface area contributed by atoms with E-state index in [0.29, 0.717) is 0 Å². The van der Waals surface area contributed by atoms with Gasteiger partial charge in [0.1, 0.15) is 54.9 Å². The largest absolute Gasteiger partial charge is 0.394 e. The van der Waals surface area contributed by atoms with Crippen LogP contribution < -0.4 is 17.2 Å². The molecule has 0 amide bonds. The minimum Gasteiger partial charge on any atom is -0.394 e. The Labute approximate surface area is 178 Å². The fourth-order valence-electron chi connectivity index (χ4n) is 4.15. The van der Waals surface area contributed by atoms with Crippen LogP contribution in [0, 0.1) is 0 Å². The highest BCUT2D eigenvalue weighted by Crippen LogP contribution is 2.31. The van der Waals surface area contributed by atoms with Crippen molar-refractivity contribution in [3.8, 4) is 0 Å². The van der Waals surface area contributed by atoms with E-state index in [0.717, 1.165) is 0 Å². The van der Waals surface area contributed by atoms with Crippen molar-refractivity contribution in [1.82, 2.24) is 0 Å². The molecule has 0 bridgehead atoms. The van der Waals surface area contributed by atoms with Crippen molar-refractivity contribution in [2.45, 2.75) is 92.1 Å². The molecule has 0 aromatic rings. The third kappa shape index (κ3) is 4.87. The summed E-state index contributed by atoms with van der Waals surface area (Å²) >= 11 is 0. The molecule has 13 N–H and O–H groups in total. The van der Waals surface area contributed by atoms with Gasteiger partial charge >= 0.3 is 0 Å². The van der Waals surface area contributed by atoms with Gasteiger partial charge in [0, 0.05) is 12.1 Å². The molecule has 0 spiro atoms. The summed E-state index contributed by atoms with van der Waals surface area (Å²) in [6.45, 7) is -1.16. The van der Waals surface area contributed by atoms with Gasteiger partial charge in [-0.05, 0) is 6.42 Å². The van der Waals surface area contributed by atoms with Crippen LogP contribution in [0.2, 0.25) is 0 Å². The first-order chi connectivity index (χ1) is 14.6. The lowest BCUT2D eigenvalue weighted by molar-refractivity contribution is -0.302. The molecule has 2 saturated heterocycles. The summed E-state index contributed by atoms with van der Waals surface area (Å²) in [7, 11) is 0. The summed E-state index contributed by atoms with van der Waals surface area (Å²) in [5.74, 6) is 0. The molecule has 1 saturated carbocycles. The first-order valence-electron chi connectivity index (χ1n) is 10.1. The molecule has 1 aliphatic carbocycles. The number of aliphatic hydroxyl groups excluding tert-OH is 7. The Morgan fingerprint density at radius 2 is 1.10 bits per heavy atom. The van der Waals surface area contributed by atoms with Gasteiger partial charge < -0.3 is 71.9 Å². The quantitative estimate of drug-likeness (QED) is 0.179. The van der Waals surface area contributed by atoms with Crippen LogP contribution in [0.15, 0.2) is 0 Å². The highest BCUT2D eigenvalue weighted by atomic mass is 16.7. The second kappa shape index (κ2) is 10.1. The molecule has 3 rings (SSSR count). The summed E-state index contributed by atoms with van der Waals surface area (Å²) in [5.41, 5.74) is 18.0. The Hall–Kier alpha value is -0.560. The molecular formula is C17H33N3O11. The van der Waals surface area contributed by atoms with E-state index in [1.807, 2.05) is 0 Å². The zero-order valence-electron chi connectivity index (χ0n) is 16.7. The van der Waals surface area contributed by atoms with Gasteiger partial charge in [0.15, 0.2) is 12.6 Å². The highest BCUT2D eigenvalue weighted by Gasteiger charge is 2.51. The molecule has 182 valence electrons. The molecule has 31 heavy (non-hydrogen) atoms. The van der Waals surface area contributed by atoms with E-state index in [2.05, 4.69) is 0 Å². The number of rotatable bonds is 6. The van der Waals surface area contributed by atoms with Gasteiger partial charge in [-0.2, -0.15) is 0 Å². The van der Waals surface area contributed by atoms with E-state index in [1.54, 1.807) is 0 Å². The standard InChI is InChI=1S/C17H33N3O11/c18-4-1-5(19)15(31-17-12(26)10(24)7(3-22)29-17)13(27)14(4)30-16-8(20)11(25)9(23)6(2-21)28-16/h4-17,21-27H,1-3,18-20H2/t4-,5+,6+,7-,8+,9+,10-,11+,12-,13-,14+,15-,16+,17+/m0/s1. The number of hydrogen-bond acceptors (Lipinski definition) is 14. The van der Waals surface area contributed by atoms with E-state index in [9.17, 15) is 35.7 Å². The molecule has 0 unspecified atom stereocenters. The Bertz CT molecular complexity index is 590. The molecule has 0 radical (unpaired) electrons. The van der Waals surface area contributed by atoms with Crippen LogP contribution in [0.25, 0.3) is 0 Å². The average molecular weight is 455 g/mol. The fourth-order valence-corrected chi connectivity index (χ4v) is 4.15. The zero-order valence-corrected chi connectivity index (χ0v) is 16.7. The van der Waals surface area contributed by atoms with Crippen LogP contribution in [0.1, 0.15) is 6.42 Å². The second-order valence-electron chi connectivity index (χ2n) is 8.25. The van der Waals surface area contributed by atoms with E-state index in [1.165, 1.54) is 0 Å². The Balaban J connectivity index is 1.70. The van der Waals surface area contributed by atoms with Gasteiger partial charge in [-0.25, -0.2) is 0 Å². The molecule has 3 aliphatic rings. The Morgan fingerprint density at radius 3 is 1.61 bits per heavy atom. The Kier molecular flexibility index (Phi) is 8.21. The summed E-state index contributed by atoms with van der Waals surface area (Å²) in [6.07, 6.45) is -14.3. The van der Waals surface area contributed by atoms with Crippen LogP contribution in [-0.2, 0) is 18.9 Å². The third-order valence-corrected chi connectivity index (χ3v) is 6.07. The third-order valence-electron chi connectivity index (χ3n) is 6.07. The molecular weight excluding hydrogens is 422 g/mol. The van der Waals surface area contributed by atoms with Crippen LogP contribution in [0.3, 0.4) is 0 Å². The number of ether oxygens (including phenoxy) is 4. The molecule has 14 nitrogen and oxygen atoms in total. The summed E-state index contributed by atoms with van der Waals surface area (Å²) in [6, 6.07) is -2.78.